The molecule has 3 aromatic rings. The lowest BCUT2D eigenvalue weighted by Crippen LogP contribution is -2.49. The Bertz CT molecular complexity index is 1410. The van der Waals surface area contributed by atoms with E-state index in [2.05, 4.69) is 22.8 Å². The predicted octanol–water partition coefficient (Wildman–Crippen LogP) is 8.51. The van der Waals surface area contributed by atoms with E-state index >= 15 is 0 Å². The molecule has 0 saturated carbocycles. The van der Waals surface area contributed by atoms with Crippen molar-refractivity contribution >= 4 is 75.7 Å². The van der Waals surface area contributed by atoms with Crippen LogP contribution in [0.2, 0.25) is 10.0 Å². The molecule has 0 bridgehead atoms. The van der Waals surface area contributed by atoms with Crippen molar-refractivity contribution in [2.24, 2.45) is 0 Å². The molecule has 2 N–H and O–H groups in total. The summed E-state index contributed by atoms with van der Waals surface area (Å²) in [6, 6.07) is 20.2. The van der Waals surface area contributed by atoms with Crippen LogP contribution in [-0.2, 0) is 4.79 Å². The number of nitrogens with one attached hydrogen (secondary N) is 2. The number of anilines is 3. The third-order valence-corrected chi connectivity index (χ3v) is 9.22. The second kappa shape index (κ2) is 11.9. The number of halogens is 2. The van der Waals surface area contributed by atoms with E-state index in [4.69, 9.17) is 23.2 Å². The summed E-state index contributed by atoms with van der Waals surface area (Å²) in [7, 11) is 0. The number of thioether (sulfide) groups is 2. The van der Waals surface area contributed by atoms with Crippen molar-refractivity contribution in [1.82, 2.24) is 0 Å². The van der Waals surface area contributed by atoms with Crippen molar-refractivity contribution in [3.05, 3.63) is 101 Å². The van der Waals surface area contributed by atoms with Gasteiger partial charge < -0.3 is 10.6 Å². The molecule has 2 aliphatic rings. The Morgan fingerprint density at radius 1 is 0.947 bits per heavy atom. The van der Waals surface area contributed by atoms with Gasteiger partial charge in [-0.3, -0.25) is 9.69 Å². The number of carbonyl (C=O) groups excluding carboxylic acids is 2. The number of hydrogen-bond acceptors (Lipinski definition) is 4. The SMILES string of the molecule is CCC(Sc1cccc(NC(=O)N2c3ccccc3SC3C=CC=CC32)c1)C(=O)Nc1cc(Cl)cc(Cl)c1. The van der Waals surface area contributed by atoms with Gasteiger partial charge in [-0.1, -0.05) is 72.6 Å². The summed E-state index contributed by atoms with van der Waals surface area (Å²) in [5, 5.41) is 6.70. The summed E-state index contributed by atoms with van der Waals surface area (Å²) in [4.78, 5) is 30.4. The van der Waals surface area contributed by atoms with Gasteiger partial charge in [0.1, 0.15) is 0 Å². The summed E-state index contributed by atoms with van der Waals surface area (Å²) in [6.45, 7) is 1.96. The third kappa shape index (κ3) is 6.07. The monoisotopic (exact) mass is 581 g/mol. The normalized spacial score (nSPS) is 18.3. The maximum Gasteiger partial charge on any atom is 0.326 e. The van der Waals surface area contributed by atoms with E-state index in [1.165, 1.54) is 11.8 Å². The molecule has 194 valence electrons. The second-order valence-corrected chi connectivity index (χ2v) is 12.2. The summed E-state index contributed by atoms with van der Waals surface area (Å²) >= 11 is 15.4. The summed E-state index contributed by atoms with van der Waals surface area (Å²) < 4.78 is 0. The average molecular weight is 583 g/mol. The van der Waals surface area contributed by atoms with Crippen LogP contribution in [0.25, 0.3) is 0 Å². The molecule has 0 aromatic heterocycles. The molecule has 1 aliphatic carbocycles. The van der Waals surface area contributed by atoms with Crippen LogP contribution in [0.5, 0.6) is 0 Å². The molecular weight excluding hydrogens is 557 g/mol. The highest BCUT2D eigenvalue weighted by Gasteiger charge is 2.36. The van der Waals surface area contributed by atoms with Crippen LogP contribution in [0, 0.1) is 0 Å². The van der Waals surface area contributed by atoms with Crippen molar-refractivity contribution in [3.63, 3.8) is 0 Å². The molecule has 3 unspecified atom stereocenters. The van der Waals surface area contributed by atoms with Gasteiger partial charge in [0, 0.05) is 31.2 Å². The maximum absolute atomic E-state index is 13.6. The number of para-hydroxylation sites is 1. The van der Waals surface area contributed by atoms with Gasteiger partial charge in [0.15, 0.2) is 0 Å². The molecule has 5 nitrogen and oxygen atoms in total. The molecule has 9 heteroatoms. The molecule has 0 fully saturated rings. The van der Waals surface area contributed by atoms with Gasteiger partial charge in [0.2, 0.25) is 5.91 Å². The molecular formula is C29H25Cl2N3O2S2. The van der Waals surface area contributed by atoms with Gasteiger partial charge in [-0.15, -0.1) is 23.5 Å². The smallest absolute Gasteiger partial charge is 0.325 e. The molecule has 1 heterocycles. The fraction of sp³-hybridized carbons (Fsp3) is 0.172. The lowest BCUT2D eigenvalue weighted by Gasteiger charge is -2.40. The summed E-state index contributed by atoms with van der Waals surface area (Å²) in [5.41, 5.74) is 2.11. The standard InChI is InChI=1S/C29H25Cl2N3O2S2/c1-2-25(28(35)32-21-15-18(30)14-19(31)16-21)37-22-9-7-8-20(17-22)33-29(36)34-23-10-3-5-12-26(23)38-27-13-6-4-11-24(27)34/h3-17,23,25-26H,2H2,1H3,(H,32,35)(H,33,36). The molecule has 5 rings (SSSR count). The Kier molecular flexibility index (Phi) is 8.39. The van der Waals surface area contributed by atoms with E-state index < -0.39 is 0 Å². The van der Waals surface area contributed by atoms with E-state index in [9.17, 15) is 9.59 Å². The Morgan fingerprint density at radius 2 is 1.71 bits per heavy atom. The van der Waals surface area contributed by atoms with Gasteiger partial charge in [-0.05, 0) is 55.0 Å². The first-order valence-electron chi connectivity index (χ1n) is 12.2. The van der Waals surface area contributed by atoms with Crippen LogP contribution in [0.4, 0.5) is 21.9 Å². The van der Waals surface area contributed by atoms with Crippen LogP contribution in [0.1, 0.15) is 13.3 Å². The van der Waals surface area contributed by atoms with Gasteiger partial charge in [-0.25, -0.2) is 4.79 Å². The minimum atomic E-state index is -0.343. The van der Waals surface area contributed by atoms with Gasteiger partial charge in [0.05, 0.1) is 22.2 Å². The van der Waals surface area contributed by atoms with E-state index in [1.807, 2.05) is 72.5 Å². The van der Waals surface area contributed by atoms with Gasteiger partial charge >= 0.3 is 6.03 Å². The van der Waals surface area contributed by atoms with Crippen LogP contribution >= 0.6 is 46.7 Å². The van der Waals surface area contributed by atoms with Crippen molar-refractivity contribution < 1.29 is 9.59 Å². The van der Waals surface area contributed by atoms with Crippen LogP contribution in [-0.4, -0.2) is 28.5 Å². The fourth-order valence-electron chi connectivity index (χ4n) is 4.39. The lowest BCUT2D eigenvalue weighted by atomic mass is 10.1. The number of rotatable bonds is 6. The first-order valence-corrected chi connectivity index (χ1v) is 14.7. The number of hydrogen-bond donors (Lipinski definition) is 2. The third-order valence-electron chi connectivity index (χ3n) is 6.12. The van der Waals surface area contributed by atoms with Crippen LogP contribution in [0.3, 0.4) is 0 Å². The zero-order chi connectivity index (χ0) is 26.6. The highest BCUT2D eigenvalue weighted by Crippen LogP contribution is 2.43. The molecule has 3 aromatic carbocycles. The predicted molar refractivity (Wildman–Crippen MR) is 161 cm³/mol. The number of benzene rings is 3. The highest BCUT2D eigenvalue weighted by atomic mass is 35.5. The largest absolute Gasteiger partial charge is 0.326 e. The first-order chi connectivity index (χ1) is 18.4. The Hall–Kier alpha value is -2.84. The van der Waals surface area contributed by atoms with Gasteiger partial charge in [0.25, 0.3) is 0 Å². The van der Waals surface area contributed by atoms with Crippen LogP contribution in [0.15, 0.2) is 101 Å². The number of carbonyl (C=O) groups is 2. The van der Waals surface area contributed by atoms with Crippen molar-refractivity contribution in [3.8, 4) is 0 Å². The van der Waals surface area contributed by atoms with Gasteiger partial charge in [-0.2, -0.15) is 0 Å². The van der Waals surface area contributed by atoms with E-state index in [0.29, 0.717) is 27.8 Å². The zero-order valence-electron chi connectivity index (χ0n) is 20.4. The maximum atomic E-state index is 13.6. The van der Waals surface area contributed by atoms with E-state index in [-0.39, 0.29) is 28.5 Å². The average Bonchev–Trinajstić information content (AvgIpc) is 2.89. The minimum Gasteiger partial charge on any atom is -0.325 e. The molecule has 3 atom stereocenters. The quantitative estimate of drug-likeness (QED) is 0.286. The molecule has 1 aliphatic heterocycles. The lowest BCUT2D eigenvalue weighted by molar-refractivity contribution is -0.115. The number of allylic oxidation sites excluding steroid dienone is 2. The Morgan fingerprint density at radius 3 is 2.50 bits per heavy atom. The Balaban J connectivity index is 1.30. The number of nitrogens with zero attached hydrogens (tertiary/aromatic N) is 1. The van der Waals surface area contributed by atoms with Crippen molar-refractivity contribution in [2.75, 3.05) is 15.5 Å². The minimum absolute atomic E-state index is 0.0781. The van der Waals surface area contributed by atoms with E-state index in [0.717, 1.165) is 15.5 Å². The molecule has 38 heavy (non-hydrogen) atoms. The fourth-order valence-corrected chi connectivity index (χ4v) is 7.19. The highest BCUT2D eigenvalue weighted by molar-refractivity contribution is 8.00. The Labute approximate surface area is 240 Å². The van der Waals surface area contributed by atoms with E-state index in [1.54, 1.807) is 30.0 Å². The van der Waals surface area contributed by atoms with Crippen molar-refractivity contribution in [2.45, 2.75) is 39.7 Å². The second-order valence-electron chi connectivity index (χ2n) is 8.80. The number of fused-ring (bicyclic) bond motifs is 2. The molecule has 0 spiro atoms. The zero-order valence-corrected chi connectivity index (χ0v) is 23.6. The topological polar surface area (TPSA) is 61.4 Å². The molecule has 0 saturated heterocycles. The van der Waals surface area contributed by atoms with Crippen LogP contribution < -0.4 is 15.5 Å². The first kappa shape index (κ1) is 26.8. The molecule has 0 radical (unpaired) electrons. The number of urea groups is 1. The molecule has 3 amide bonds. The number of amides is 3. The summed E-state index contributed by atoms with van der Waals surface area (Å²) in [5.74, 6) is -0.143. The van der Waals surface area contributed by atoms with Crippen molar-refractivity contribution in [1.29, 1.82) is 0 Å². The summed E-state index contributed by atoms with van der Waals surface area (Å²) in [6.07, 6.45) is 8.83.